The summed E-state index contributed by atoms with van der Waals surface area (Å²) in [5.41, 5.74) is 2.93. The maximum atomic E-state index is 11.6. The second-order valence-electron chi connectivity index (χ2n) is 6.67. The molecular formula is C20H30O4. The number of aliphatic hydroxyl groups is 1. The van der Waals surface area contributed by atoms with Crippen LogP contribution in [0.1, 0.15) is 59.3 Å². The molecule has 0 radical (unpaired) electrons. The highest BCUT2D eigenvalue weighted by Gasteiger charge is 2.36. The topological polar surface area (TPSA) is 63.6 Å². The van der Waals surface area contributed by atoms with Crippen LogP contribution in [-0.2, 0) is 14.3 Å². The van der Waals surface area contributed by atoms with Gasteiger partial charge in [-0.05, 0) is 59.0 Å². The summed E-state index contributed by atoms with van der Waals surface area (Å²) < 4.78 is 5.34. The van der Waals surface area contributed by atoms with E-state index in [0.717, 1.165) is 25.7 Å². The van der Waals surface area contributed by atoms with Gasteiger partial charge in [0.2, 0.25) is 0 Å². The molecule has 4 nitrogen and oxygen atoms in total. The van der Waals surface area contributed by atoms with Crippen molar-refractivity contribution in [3.63, 3.8) is 0 Å². The van der Waals surface area contributed by atoms with Crippen molar-refractivity contribution in [2.24, 2.45) is 5.92 Å². The van der Waals surface area contributed by atoms with Crippen molar-refractivity contribution in [2.45, 2.75) is 65.4 Å². The quantitative estimate of drug-likeness (QED) is 0.374. The average Bonchev–Trinajstić information content (AvgIpc) is 2.75. The number of hydrogen-bond donors (Lipinski definition) is 1. The van der Waals surface area contributed by atoms with Crippen molar-refractivity contribution >= 4 is 11.8 Å². The lowest BCUT2D eigenvalue weighted by Crippen LogP contribution is -2.15. The molecule has 1 saturated heterocycles. The maximum Gasteiger partial charge on any atom is 0.334 e. The smallest absolute Gasteiger partial charge is 0.334 e. The second-order valence-corrected chi connectivity index (χ2v) is 6.67. The zero-order valence-electron chi connectivity index (χ0n) is 15.1. The van der Waals surface area contributed by atoms with Crippen LogP contribution in [0.2, 0.25) is 0 Å². The van der Waals surface area contributed by atoms with Crippen molar-refractivity contribution in [2.75, 3.05) is 6.61 Å². The molecule has 2 atom stereocenters. The fraction of sp³-hybridized carbons (Fsp3) is 0.600. The molecule has 0 amide bonds. The van der Waals surface area contributed by atoms with Crippen LogP contribution in [0, 0.1) is 5.92 Å². The highest BCUT2D eigenvalue weighted by Crippen LogP contribution is 2.31. The van der Waals surface area contributed by atoms with Crippen LogP contribution in [-0.4, -0.2) is 29.6 Å². The fourth-order valence-electron chi connectivity index (χ4n) is 2.89. The molecule has 0 spiro atoms. The fourth-order valence-corrected chi connectivity index (χ4v) is 2.89. The molecule has 1 aliphatic rings. The van der Waals surface area contributed by atoms with E-state index in [9.17, 15) is 9.59 Å². The minimum Gasteiger partial charge on any atom is -0.454 e. The molecule has 1 rings (SSSR count). The summed E-state index contributed by atoms with van der Waals surface area (Å²) >= 11 is 0. The first-order chi connectivity index (χ1) is 11.3. The van der Waals surface area contributed by atoms with Crippen LogP contribution < -0.4 is 0 Å². The Morgan fingerprint density at radius 2 is 1.92 bits per heavy atom. The second kappa shape index (κ2) is 10.2. The molecule has 0 aromatic carbocycles. The molecular weight excluding hydrogens is 304 g/mol. The van der Waals surface area contributed by atoms with Gasteiger partial charge in [0.15, 0.2) is 0 Å². The molecule has 0 saturated carbocycles. The summed E-state index contributed by atoms with van der Waals surface area (Å²) in [7, 11) is 0. The van der Waals surface area contributed by atoms with E-state index in [0.29, 0.717) is 18.4 Å². The lowest BCUT2D eigenvalue weighted by molar-refractivity contribution is -0.137. The van der Waals surface area contributed by atoms with Gasteiger partial charge in [-0.3, -0.25) is 0 Å². The Morgan fingerprint density at radius 3 is 2.54 bits per heavy atom. The molecule has 0 unspecified atom stereocenters. The number of hydrogen-bond acceptors (Lipinski definition) is 4. The van der Waals surface area contributed by atoms with Crippen molar-refractivity contribution in [1.29, 1.82) is 0 Å². The Kier molecular flexibility index (Phi) is 8.69. The third-order valence-electron chi connectivity index (χ3n) is 4.37. The molecule has 0 bridgehead atoms. The number of cyclic esters (lactones) is 1. The Morgan fingerprint density at radius 1 is 1.21 bits per heavy atom. The zero-order valence-corrected chi connectivity index (χ0v) is 15.1. The van der Waals surface area contributed by atoms with Gasteiger partial charge in [0.1, 0.15) is 11.9 Å². The first-order valence-electron chi connectivity index (χ1n) is 8.68. The molecule has 1 N–H and O–H groups in total. The molecule has 1 aliphatic heterocycles. The van der Waals surface area contributed by atoms with Gasteiger partial charge in [0.05, 0.1) is 0 Å². The van der Waals surface area contributed by atoms with Gasteiger partial charge in [-0.2, -0.15) is 0 Å². The number of esters is 1. The first-order valence-corrected chi connectivity index (χ1v) is 8.68. The predicted octanol–water partition coefficient (Wildman–Crippen LogP) is 3.90. The molecule has 1 fully saturated rings. The molecule has 4 heteroatoms. The van der Waals surface area contributed by atoms with Gasteiger partial charge in [0, 0.05) is 24.5 Å². The number of ether oxygens (including phenoxy) is 1. The predicted molar refractivity (Wildman–Crippen MR) is 95.5 cm³/mol. The third-order valence-corrected chi connectivity index (χ3v) is 4.37. The summed E-state index contributed by atoms with van der Waals surface area (Å²) in [5, 5.41) is 9.13. The van der Waals surface area contributed by atoms with Crippen molar-refractivity contribution in [3.05, 3.63) is 35.5 Å². The Labute approximate surface area is 145 Å². The van der Waals surface area contributed by atoms with Crippen LogP contribution in [0.3, 0.4) is 0 Å². The number of Topliss-reactive ketones (excluding diaryl/α,β-unsaturated/α-hetero) is 1. The Hall–Kier alpha value is -1.68. The molecule has 0 aromatic heterocycles. The van der Waals surface area contributed by atoms with E-state index in [1.807, 2.05) is 13.0 Å². The highest BCUT2D eigenvalue weighted by atomic mass is 16.5. The number of allylic oxidation sites excluding steroid dienone is 3. The number of aliphatic hydroxyl groups excluding tert-OH is 1. The van der Waals surface area contributed by atoms with Gasteiger partial charge >= 0.3 is 5.97 Å². The normalized spacial score (nSPS) is 22.0. The van der Waals surface area contributed by atoms with Crippen LogP contribution in [0.5, 0.6) is 0 Å². The van der Waals surface area contributed by atoms with Crippen LogP contribution in [0.25, 0.3) is 0 Å². The summed E-state index contributed by atoms with van der Waals surface area (Å²) in [6.07, 6.45) is 8.73. The summed E-state index contributed by atoms with van der Waals surface area (Å²) in [4.78, 5) is 22.6. The Balaban J connectivity index is 2.47. The van der Waals surface area contributed by atoms with E-state index < -0.39 is 0 Å². The highest BCUT2D eigenvalue weighted by molar-refractivity contribution is 5.91. The molecule has 0 aliphatic carbocycles. The molecule has 134 valence electrons. The van der Waals surface area contributed by atoms with Gasteiger partial charge < -0.3 is 14.6 Å². The monoisotopic (exact) mass is 334 g/mol. The number of carbonyl (C=O) groups excluding carboxylic acids is 2. The number of rotatable bonds is 10. The van der Waals surface area contributed by atoms with E-state index in [1.54, 1.807) is 6.92 Å². The van der Waals surface area contributed by atoms with Crippen molar-refractivity contribution in [3.8, 4) is 0 Å². The first kappa shape index (κ1) is 20.4. The zero-order chi connectivity index (χ0) is 18.1. The van der Waals surface area contributed by atoms with Gasteiger partial charge in [-0.25, -0.2) is 4.79 Å². The van der Waals surface area contributed by atoms with E-state index >= 15 is 0 Å². The standard InChI is InChI=1S/C20H30O4/c1-14(8-6-10-16(3)22)7-5-9-15(2)13-19-18(11-12-21)17(4)20(23)24-19/h7,13,18-19,21H,4-6,8-12H2,1-3H3/b14-7+,15-13+/t18-,19-/m0/s1. The van der Waals surface area contributed by atoms with Gasteiger partial charge in [-0.1, -0.05) is 23.8 Å². The summed E-state index contributed by atoms with van der Waals surface area (Å²) in [6, 6.07) is 0. The van der Waals surface area contributed by atoms with Crippen molar-refractivity contribution < 1.29 is 19.4 Å². The average molecular weight is 334 g/mol. The molecule has 0 aromatic rings. The summed E-state index contributed by atoms with van der Waals surface area (Å²) in [5.74, 6) is -0.239. The van der Waals surface area contributed by atoms with E-state index in [1.165, 1.54) is 11.1 Å². The largest absolute Gasteiger partial charge is 0.454 e. The number of carbonyl (C=O) groups is 2. The van der Waals surface area contributed by atoms with E-state index in [4.69, 9.17) is 9.84 Å². The van der Waals surface area contributed by atoms with Crippen molar-refractivity contribution in [1.82, 2.24) is 0 Å². The lowest BCUT2D eigenvalue weighted by atomic mass is 9.92. The van der Waals surface area contributed by atoms with Crippen LogP contribution in [0.15, 0.2) is 35.5 Å². The molecule has 1 heterocycles. The Bertz CT molecular complexity index is 528. The minimum atomic E-state index is -0.358. The SMILES string of the molecule is C=C1C(=O)O[C@@H](/C=C(\C)CC/C=C(\C)CCCC(C)=O)[C@H]1CCO. The van der Waals surface area contributed by atoms with Gasteiger partial charge in [-0.15, -0.1) is 0 Å². The number of ketones is 1. The summed E-state index contributed by atoms with van der Waals surface area (Å²) in [6.45, 7) is 9.55. The maximum absolute atomic E-state index is 11.6. The third kappa shape index (κ3) is 6.83. The van der Waals surface area contributed by atoms with E-state index in [2.05, 4.69) is 19.6 Å². The van der Waals surface area contributed by atoms with Gasteiger partial charge in [0.25, 0.3) is 0 Å². The van der Waals surface area contributed by atoms with E-state index in [-0.39, 0.29) is 30.4 Å². The van der Waals surface area contributed by atoms with Crippen LogP contribution in [0.4, 0.5) is 0 Å². The van der Waals surface area contributed by atoms with Crippen LogP contribution >= 0.6 is 0 Å². The molecule has 24 heavy (non-hydrogen) atoms. The lowest BCUT2D eigenvalue weighted by Gasteiger charge is -2.14. The minimum absolute atomic E-state index is 0.0198.